The normalized spacial score (nSPS) is 16.4. The molecule has 0 bridgehead atoms. The van der Waals surface area contributed by atoms with E-state index >= 15 is 0 Å². The van der Waals surface area contributed by atoms with E-state index in [1.54, 1.807) is 12.1 Å². The Morgan fingerprint density at radius 3 is 2.76 bits per heavy atom. The molecule has 6 nitrogen and oxygen atoms in total. The van der Waals surface area contributed by atoms with Crippen molar-refractivity contribution in [2.45, 2.75) is 25.3 Å². The Labute approximate surface area is 171 Å². The molecule has 2 aromatic carbocycles. The number of benzene rings is 2. The highest BCUT2D eigenvalue weighted by Gasteiger charge is 2.31. The van der Waals surface area contributed by atoms with E-state index < -0.39 is 0 Å². The van der Waals surface area contributed by atoms with E-state index in [-0.39, 0.29) is 11.9 Å². The first kappa shape index (κ1) is 17.9. The van der Waals surface area contributed by atoms with Gasteiger partial charge in [-0.05, 0) is 24.5 Å². The van der Waals surface area contributed by atoms with Crippen molar-refractivity contribution in [1.82, 2.24) is 25.4 Å². The van der Waals surface area contributed by atoms with E-state index in [2.05, 4.69) is 25.3 Å². The van der Waals surface area contributed by atoms with Crippen LogP contribution in [0.4, 0.5) is 9.52 Å². The molecule has 0 radical (unpaired) electrons. The number of rotatable bonds is 5. The molecule has 1 N–H and O–H groups in total. The molecule has 0 saturated carbocycles. The maximum Gasteiger partial charge on any atom is 0.208 e. The molecule has 0 amide bonds. The topological polar surface area (TPSA) is 70.6 Å². The molecule has 29 heavy (non-hydrogen) atoms. The van der Waals surface area contributed by atoms with E-state index in [9.17, 15) is 4.39 Å². The number of nitrogens with zero attached hydrogens (tertiary/aromatic N) is 5. The number of nitrogens with one attached hydrogen (secondary N) is 1. The summed E-state index contributed by atoms with van der Waals surface area (Å²) in [6, 6.07) is 16.8. The second kappa shape index (κ2) is 7.71. The second-order valence-corrected chi connectivity index (χ2v) is 8.05. The fourth-order valence-corrected chi connectivity index (χ4v) is 4.59. The Morgan fingerprint density at radius 1 is 1.07 bits per heavy atom. The minimum absolute atomic E-state index is 0.0919. The molecule has 3 heterocycles. The van der Waals surface area contributed by atoms with Crippen molar-refractivity contribution in [2.24, 2.45) is 0 Å². The van der Waals surface area contributed by atoms with Crippen LogP contribution in [0.25, 0.3) is 11.4 Å². The third kappa shape index (κ3) is 3.63. The molecule has 1 aliphatic rings. The summed E-state index contributed by atoms with van der Waals surface area (Å²) in [5, 5.41) is 17.8. The Morgan fingerprint density at radius 2 is 1.90 bits per heavy atom. The average molecular weight is 406 g/mol. The molecule has 1 saturated heterocycles. The lowest BCUT2D eigenvalue weighted by Crippen LogP contribution is -2.23. The van der Waals surface area contributed by atoms with Crippen molar-refractivity contribution in [3.63, 3.8) is 0 Å². The number of H-pyrrole nitrogens is 1. The van der Waals surface area contributed by atoms with Crippen LogP contribution in [0, 0.1) is 5.82 Å². The molecular weight excluding hydrogens is 387 g/mol. The van der Waals surface area contributed by atoms with Gasteiger partial charge >= 0.3 is 0 Å². The first-order valence-corrected chi connectivity index (χ1v) is 10.4. The zero-order chi connectivity index (χ0) is 19.6. The van der Waals surface area contributed by atoms with Crippen LogP contribution in [-0.2, 0) is 6.42 Å². The van der Waals surface area contributed by atoms with Gasteiger partial charge in [0.15, 0.2) is 5.82 Å². The molecule has 1 atom stereocenters. The number of halogens is 1. The molecule has 1 fully saturated rings. The summed E-state index contributed by atoms with van der Waals surface area (Å²) in [7, 11) is 0. The molecule has 1 aliphatic heterocycles. The Bertz CT molecular complexity index is 1110. The number of aromatic nitrogens is 5. The van der Waals surface area contributed by atoms with Crippen molar-refractivity contribution in [3.05, 3.63) is 76.8 Å². The highest BCUT2D eigenvalue weighted by molar-refractivity contribution is 7.15. The van der Waals surface area contributed by atoms with Gasteiger partial charge in [-0.25, -0.2) is 9.37 Å². The van der Waals surface area contributed by atoms with Crippen LogP contribution in [0.5, 0.6) is 0 Å². The van der Waals surface area contributed by atoms with Crippen LogP contribution in [0.2, 0.25) is 0 Å². The number of anilines is 1. The molecular formula is C21H19FN6S. The van der Waals surface area contributed by atoms with Crippen LogP contribution in [0.3, 0.4) is 0 Å². The zero-order valence-corrected chi connectivity index (χ0v) is 16.4. The lowest BCUT2D eigenvalue weighted by molar-refractivity contribution is 0.613. The summed E-state index contributed by atoms with van der Waals surface area (Å²) in [6.45, 7) is 0.889. The lowest BCUT2D eigenvalue weighted by Gasteiger charge is -2.21. The van der Waals surface area contributed by atoms with Crippen molar-refractivity contribution in [2.75, 3.05) is 11.4 Å². The van der Waals surface area contributed by atoms with Gasteiger partial charge < -0.3 is 4.90 Å². The highest BCUT2D eigenvalue weighted by Crippen LogP contribution is 2.37. The van der Waals surface area contributed by atoms with Gasteiger partial charge in [-0.1, -0.05) is 59.9 Å². The van der Waals surface area contributed by atoms with Gasteiger partial charge in [0.2, 0.25) is 5.13 Å². The van der Waals surface area contributed by atoms with Crippen LogP contribution in [0.15, 0.2) is 54.6 Å². The predicted molar refractivity (Wildman–Crippen MR) is 110 cm³/mol. The molecule has 4 aromatic rings. The Kier molecular flexibility index (Phi) is 4.77. The van der Waals surface area contributed by atoms with E-state index in [0.717, 1.165) is 40.9 Å². The van der Waals surface area contributed by atoms with Crippen LogP contribution < -0.4 is 4.90 Å². The maximum atomic E-state index is 13.9. The second-order valence-electron chi connectivity index (χ2n) is 7.01. The summed E-state index contributed by atoms with van der Waals surface area (Å²) < 4.78 is 13.9. The van der Waals surface area contributed by atoms with Gasteiger partial charge in [0.1, 0.15) is 16.6 Å². The SMILES string of the molecule is Fc1ccccc1Cc1nnc(N2CCCC2c2nc(-c3ccccc3)n[nH]2)s1. The van der Waals surface area contributed by atoms with Gasteiger partial charge in [0.05, 0.1) is 6.04 Å². The number of hydrogen-bond donors (Lipinski definition) is 1. The van der Waals surface area contributed by atoms with Gasteiger partial charge in [0, 0.05) is 18.5 Å². The van der Waals surface area contributed by atoms with Crippen LogP contribution in [0.1, 0.15) is 35.3 Å². The van der Waals surface area contributed by atoms with Gasteiger partial charge in [-0.3, -0.25) is 5.10 Å². The van der Waals surface area contributed by atoms with Crippen molar-refractivity contribution in [1.29, 1.82) is 0 Å². The fraction of sp³-hybridized carbons (Fsp3) is 0.238. The van der Waals surface area contributed by atoms with Gasteiger partial charge in [0.25, 0.3) is 0 Å². The monoisotopic (exact) mass is 406 g/mol. The average Bonchev–Trinajstić information content (AvgIpc) is 3.50. The fourth-order valence-electron chi connectivity index (χ4n) is 3.66. The van der Waals surface area contributed by atoms with Crippen LogP contribution >= 0.6 is 11.3 Å². The smallest absolute Gasteiger partial charge is 0.208 e. The van der Waals surface area contributed by atoms with E-state index in [1.165, 1.54) is 17.4 Å². The summed E-state index contributed by atoms with van der Waals surface area (Å²) in [4.78, 5) is 6.94. The minimum atomic E-state index is -0.210. The van der Waals surface area contributed by atoms with Gasteiger partial charge in [-0.15, -0.1) is 10.2 Å². The number of hydrogen-bond acceptors (Lipinski definition) is 6. The van der Waals surface area contributed by atoms with Crippen molar-refractivity contribution < 1.29 is 4.39 Å². The molecule has 8 heteroatoms. The molecule has 0 spiro atoms. The molecule has 2 aromatic heterocycles. The first-order chi connectivity index (χ1) is 14.3. The Balaban J connectivity index is 1.36. The third-order valence-corrected chi connectivity index (χ3v) is 6.06. The third-order valence-electron chi connectivity index (χ3n) is 5.10. The summed E-state index contributed by atoms with van der Waals surface area (Å²) in [5.74, 6) is 1.33. The largest absolute Gasteiger partial charge is 0.336 e. The standard InChI is InChI=1S/C21H19FN6S/c22-16-10-5-4-9-15(16)13-18-24-27-21(29-18)28-12-6-11-17(28)20-23-19(25-26-20)14-7-2-1-3-8-14/h1-5,7-10,17H,6,11-13H2,(H,23,25,26). The quantitative estimate of drug-likeness (QED) is 0.532. The number of aromatic amines is 1. The van der Waals surface area contributed by atoms with Crippen molar-refractivity contribution in [3.8, 4) is 11.4 Å². The summed E-state index contributed by atoms with van der Waals surface area (Å²) in [5.41, 5.74) is 1.62. The summed E-state index contributed by atoms with van der Waals surface area (Å²) in [6.07, 6.45) is 2.48. The minimum Gasteiger partial charge on any atom is -0.336 e. The van der Waals surface area contributed by atoms with E-state index in [0.29, 0.717) is 17.8 Å². The zero-order valence-electron chi connectivity index (χ0n) is 15.6. The Hall–Kier alpha value is -3.13. The first-order valence-electron chi connectivity index (χ1n) is 9.58. The summed E-state index contributed by atoms with van der Waals surface area (Å²) >= 11 is 1.51. The molecule has 5 rings (SSSR count). The van der Waals surface area contributed by atoms with Crippen molar-refractivity contribution >= 4 is 16.5 Å². The maximum absolute atomic E-state index is 13.9. The van der Waals surface area contributed by atoms with E-state index in [1.807, 2.05) is 36.4 Å². The molecule has 1 unspecified atom stereocenters. The predicted octanol–water partition coefficient (Wildman–Crippen LogP) is 4.39. The highest BCUT2D eigenvalue weighted by atomic mass is 32.1. The van der Waals surface area contributed by atoms with Gasteiger partial charge in [-0.2, -0.15) is 5.10 Å². The van der Waals surface area contributed by atoms with Crippen LogP contribution in [-0.4, -0.2) is 31.9 Å². The lowest BCUT2D eigenvalue weighted by atomic mass is 10.1. The molecule has 0 aliphatic carbocycles. The molecule has 146 valence electrons. The van der Waals surface area contributed by atoms with E-state index in [4.69, 9.17) is 4.98 Å².